The molecule has 3 rings (SSSR count). The number of thiazole rings is 1. The predicted molar refractivity (Wildman–Crippen MR) is 97.6 cm³/mol. The molecule has 0 unspecified atom stereocenters. The van der Waals surface area contributed by atoms with Crippen LogP contribution in [-0.4, -0.2) is 16.8 Å². The highest BCUT2D eigenvalue weighted by molar-refractivity contribution is 7.14. The number of halogens is 2. The van der Waals surface area contributed by atoms with Crippen LogP contribution in [0.3, 0.4) is 0 Å². The quantitative estimate of drug-likeness (QED) is 0.666. The average molecular weight is 396 g/mol. The normalized spacial score (nSPS) is 10.5. The van der Waals surface area contributed by atoms with Gasteiger partial charge in [0.2, 0.25) is 5.91 Å². The third-order valence-corrected chi connectivity index (χ3v) is 4.25. The summed E-state index contributed by atoms with van der Waals surface area (Å²) in [7, 11) is 0. The lowest BCUT2D eigenvalue weighted by Gasteiger charge is -2.05. The van der Waals surface area contributed by atoms with Gasteiger partial charge in [0.25, 0.3) is 5.91 Å². The van der Waals surface area contributed by atoms with E-state index >= 15 is 0 Å². The summed E-state index contributed by atoms with van der Waals surface area (Å²) in [5, 5.41) is 8.25. The molecule has 128 valence electrons. The zero-order valence-corrected chi connectivity index (χ0v) is 14.9. The molecular formula is C16H11Cl2N3O3S. The van der Waals surface area contributed by atoms with Gasteiger partial charge in [-0.2, -0.15) is 0 Å². The van der Waals surface area contributed by atoms with Gasteiger partial charge in [0.15, 0.2) is 10.9 Å². The number of amides is 2. The maximum atomic E-state index is 12.1. The molecule has 0 spiro atoms. The number of carbonyl (C=O) groups is 2. The molecule has 0 aliphatic carbocycles. The van der Waals surface area contributed by atoms with E-state index in [2.05, 4.69) is 15.6 Å². The first-order valence-corrected chi connectivity index (χ1v) is 8.68. The molecular weight excluding hydrogens is 385 g/mol. The van der Waals surface area contributed by atoms with Crippen molar-refractivity contribution in [3.63, 3.8) is 0 Å². The van der Waals surface area contributed by atoms with Crippen LogP contribution in [-0.2, 0) is 11.2 Å². The second-order valence-corrected chi connectivity index (χ2v) is 6.69. The Labute approximate surface area is 156 Å². The number of nitrogens with zero attached hydrogens (tertiary/aromatic N) is 1. The fourth-order valence-electron chi connectivity index (χ4n) is 2.01. The van der Waals surface area contributed by atoms with Gasteiger partial charge in [0.1, 0.15) is 0 Å². The molecule has 25 heavy (non-hydrogen) atoms. The number of hydrogen-bond donors (Lipinski definition) is 2. The van der Waals surface area contributed by atoms with Crippen LogP contribution in [0.1, 0.15) is 16.2 Å². The molecule has 0 saturated heterocycles. The second kappa shape index (κ2) is 7.69. The first-order chi connectivity index (χ1) is 12.0. The molecule has 0 aliphatic heterocycles. The Morgan fingerprint density at radius 3 is 2.60 bits per heavy atom. The van der Waals surface area contributed by atoms with E-state index in [1.807, 2.05) is 0 Å². The maximum Gasteiger partial charge on any atom is 0.293 e. The minimum Gasteiger partial charge on any atom is -0.459 e. The third-order valence-electron chi connectivity index (χ3n) is 3.01. The minimum atomic E-state index is -0.399. The summed E-state index contributed by atoms with van der Waals surface area (Å²) in [6.07, 6.45) is 1.46. The topological polar surface area (TPSA) is 84.2 Å². The van der Waals surface area contributed by atoms with E-state index in [1.54, 1.807) is 35.7 Å². The third kappa shape index (κ3) is 4.82. The van der Waals surface area contributed by atoms with Gasteiger partial charge in [-0.25, -0.2) is 4.98 Å². The molecule has 1 aromatic carbocycles. The summed E-state index contributed by atoms with van der Waals surface area (Å²) >= 11 is 13.0. The number of benzene rings is 1. The number of furan rings is 1. The fraction of sp³-hybridized carbons (Fsp3) is 0.0625. The van der Waals surface area contributed by atoms with Crippen molar-refractivity contribution in [2.45, 2.75) is 6.42 Å². The van der Waals surface area contributed by atoms with Crippen LogP contribution in [0.25, 0.3) is 0 Å². The van der Waals surface area contributed by atoms with Crippen molar-refractivity contribution >= 4 is 57.2 Å². The van der Waals surface area contributed by atoms with Crippen LogP contribution in [0, 0.1) is 0 Å². The van der Waals surface area contributed by atoms with Gasteiger partial charge < -0.3 is 9.73 Å². The first kappa shape index (κ1) is 17.5. The number of anilines is 2. The van der Waals surface area contributed by atoms with E-state index in [0.717, 1.165) is 0 Å². The molecule has 0 radical (unpaired) electrons. The van der Waals surface area contributed by atoms with Crippen molar-refractivity contribution in [2.24, 2.45) is 0 Å². The molecule has 2 aromatic heterocycles. The van der Waals surface area contributed by atoms with E-state index in [1.165, 1.54) is 17.6 Å². The molecule has 2 heterocycles. The van der Waals surface area contributed by atoms with E-state index in [9.17, 15) is 9.59 Å². The fourth-order valence-corrected chi connectivity index (χ4v) is 3.24. The molecule has 2 amide bonds. The van der Waals surface area contributed by atoms with Crippen LogP contribution >= 0.6 is 34.5 Å². The minimum absolute atomic E-state index is 0.0528. The van der Waals surface area contributed by atoms with Gasteiger partial charge in [-0.05, 0) is 30.3 Å². The number of rotatable bonds is 5. The Hall–Kier alpha value is -2.35. The van der Waals surface area contributed by atoms with Gasteiger partial charge in [0.05, 0.1) is 18.4 Å². The molecule has 2 N–H and O–H groups in total. The predicted octanol–water partition coefficient (Wildman–Crippen LogP) is 4.48. The highest BCUT2D eigenvalue weighted by Gasteiger charge is 2.13. The van der Waals surface area contributed by atoms with Crippen LogP contribution < -0.4 is 10.6 Å². The molecule has 3 aromatic rings. The summed E-state index contributed by atoms with van der Waals surface area (Å²) in [5.74, 6) is -0.483. The van der Waals surface area contributed by atoms with E-state index in [-0.39, 0.29) is 18.1 Å². The Kier molecular flexibility index (Phi) is 5.37. The Balaban J connectivity index is 1.59. The largest absolute Gasteiger partial charge is 0.459 e. The molecule has 0 fully saturated rings. The maximum absolute atomic E-state index is 12.1. The number of hydrogen-bond acceptors (Lipinski definition) is 5. The average Bonchev–Trinajstić information content (AvgIpc) is 3.17. The standard InChI is InChI=1S/C16H11Cl2N3O3S/c17-9-4-10(18)6-11(5-9)19-14(22)7-12-8-25-16(20-12)21-15(23)13-2-1-3-24-13/h1-6,8H,7H2,(H,19,22)(H,20,21,23). The van der Waals surface area contributed by atoms with Crippen molar-refractivity contribution in [3.05, 3.63) is 63.5 Å². The van der Waals surface area contributed by atoms with Crippen molar-refractivity contribution in [3.8, 4) is 0 Å². The SMILES string of the molecule is O=C(Cc1csc(NC(=O)c2ccco2)n1)Nc1cc(Cl)cc(Cl)c1. The Bertz CT molecular complexity index is 889. The molecule has 6 nitrogen and oxygen atoms in total. The second-order valence-electron chi connectivity index (χ2n) is 4.96. The highest BCUT2D eigenvalue weighted by atomic mass is 35.5. The lowest BCUT2D eigenvalue weighted by atomic mass is 10.3. The van der Waals surface area contributed by atoms with Crippen LogP contribution in [0.15, 0.2) is 46.4 Å². The highest BCUT2D eigenvalue weighted by Crippen LogP contribution is 2.23. The molecule has 0 bridgehead atoms. The summed E-state index contributed by atoms with van der Waals surface area (Å²) in [4.78, 5) is 28.2. The van der Waals surface area contributed by atoms with Crippen molar-refractivity contribution < 1.29 is 14.0 Å². The molecule has 0 saturated carbocycles. The van der Waals surface area contributed by atoms with Gasteiger partial charge in [-0.1, -0.05) is 23.2 Å². The van der Waals surface area contributed by atoms with E-state index in [4.69, 9.17) is 27.6 Å². The van der Waals surface area contributed by atoms with Gasteiger partial charge in [0, 0.05) is 21.1 Å². The number of nitrogens with one attached hydrogen (secondary N) is 2. The number of aromatic nitrogens is 1. The van der Waals surface area contributed by atoms with Gasteiger partial charge >= 0.3 is 0 Å². The summed E-state index contributed by atoms with van der Waals surface area (Å²) in [6, 6.07) is 7.94. The summed E-state index contributed by atoms with van der Waals surface area (Å²) in [6.45, 7) is 0. The Morgan fingerprint density at radius 2 is 1.92 bits per heavy atom. The van der Waals surface area contributed by atoms with Crippen molar-refractivity contribution in [1.29, 1.82) is 0 Å². The monoisotopic (exact) mass is 395 g/mol. The van der Waals surface area contributed by atoms with Crippen molar-refractivity contribution in [2.75, 3.05) is 10.6 Å². The van der Waals surface area contributed by atoms with E-state index in [0.29, 0.717) is 26.6 Å². The van der Waals surface area contributed by atoms with Gasteiger partial charge in [-0.3, -0.25) is 14.9 Å². The molecule has 0 atom stereocenters. The van der Waals surface area contributed by atoms with E-state index < -0.39 is 5.91 Å². The van der Waals surface area contributed by atoms with Gasteiger partial charge in [-0.15, -0.1) is 11.3 Å². The smallest absolute Gasteiger partial charge is 0.293 e. The zero-order chi connectivity index (χ0) is 17.8. The lowest BCUT2D eigenvalue weighted by molar-refractivity contribution is -0.115. The Morgan fingerprint density at radius 1 is 1.16 bits per heavy atom. The van der Waals surface area contributed by atoms with Crippen LogP contribution in [0.4, 0.5) is 10.8 Å². The first-order valence-electron chi connectivity index (χ1n) is 7.05. The molecule has 0 aliphatic rings. The summed E-state index contributed by atoms with van der Waals surface area (Å²) in [5.41, 5.74) is 1.04. The van der Waals surface area contributed by atoms with Crippen LogP contribution in [0.5, 0.6) is 0 Å². The lowest BCUT2D eigenvalue weighted by Crippen LogP contribution is -2.15. The number of carbonyl (C=O) groups excluding carboxylic acids is 2. The van der Waals surface area contributed by atoms with Crippen molar-refractivity contribution in [1.82, 2.24) is 4.98 Å². The zero-order valence-electron chi connectivity index (χ0n) is 12.6. The molecule has 9 heteroatoms. The van der Waals surface area contributed by atoms with Crippen LogP contribution in [0.2, 0.25) is 10.0 Å². The summed E-state index contributed by atoms with van der Waals surface area (Å²) < 4.78 is 5.00.